The van der Waals surface area contributed by atoms with Gasteiger partial charge in [0.25, 0.3) is 0 Å². The van der Waals surface area contributed by atoms with Crippen LogP contribution in [0.15, 0.2) is 36.5 Å². The molecule has 0 N–H and O–H groups in total. The van der Waals surface area contributed by atoms with Gasteiger partial charge in [-0.15, -0.1) is 11.6 Å². The second-order valence-electron chi connectivity index (χ2n) is 5.44. The van der Waals surface area contributed by atoms with Crippen LogP contribution in [0.4, 0.5) is 0 Å². The van der Waals surface area contributed by atoms with Gasteiger partial charge >= 0.3 is 0 Å². The third-order valence-corrected chi connectivity index (χ3v) is 3.99. The van der Waals surface area contributed by atoms with Gasteiger partial charge in [0.15, 0.2) is 0 Å². The predicted molar refractivity (Wildman–Crippen MR) is 85.7 cm³/mol. The fourth-order valence-electron chi connectivity index (χ4n) is 2.25. The van der Waals surface area contributed by atoms with E-state index in [1.807, 2.05) is 29.1 Å². The van der Waals surface area contributed by atoms with Crippen molar-refractivity contribution < 1.29 is 0 Å². The highest BCUT2D eigenvalue weighted by Gasteiger charge is 2.12. The molecule has 1 aromatic heterocycles. The van der Waals surface area contributed by atoms with E-state index in [4.69, 9.17) is 23.2 Å². The fraction of sp³-hybridized carbons (Fsp3) is 0.438. The lowest BCUT2D eigenvalue weighted by Crippen LogP contribution is -2.11. The van der Waals surface area contributed by atoms with Crippen LogP contribution in [-0.2, 0) is 12.8 Å². The topological polar surface area (TPSA) is 17.8 Å². The second-order valence-corrected chi connectivity index (χ2v) is 6.18. The largest absolute Gasteiger partial charge is 0.270 e. The summed E-state index contributed by atoms with van der Waals surface area (Å²) in [6, 6.07) is 10.5. The molecule has 2 aromatic rings. The molecule has 0 amide bonds. The van der Waals surface area contributed by atoms with Crippen LogP contribution in [-0.4, -0.2) is 15.7 Å². The molecule has 1 aromatic carbocycles. The number of hydrogen-bond donors (Lipinski definition) is 0. The van der Waals surface area contributed by atoms with Crippen LogP contribution in [0.2, 0.25) is 5.02 Å². The van der Waals surface area contributed by atoms with E-state index >= 15 is 0 Å². The highest BCUT2D eigenvalue weighted by molar-refractivity contribution is 6.30. The maximum Gasteiger partial charge on any atom is 0.0628 e. The van der Waals surface area contributed by atoms with E-state index in [0.29, 0.717) is 17.8 Å². The number of halogens is 2. The molecule has 1 heterocycles. The van der Waals surface area contributed by atoms with Crippen molar-refractivity contribution in [1.82, 2.24) is 9.78 Å². The molecule has 108 valence electrons. The Kier molecular flexibility index (Phi) is 5.50. The Hall–Kier alpha value is -0.990. The van der Waals surface area contributed by atoms with E-state index in [9.17, 15) is 0 Å². The van der Waals surface area contributed by atoms with Crippen molar-refractivity contribution in [3.63, 3.8) is 0 Å². The van der Waals surface area contributed by atoms with Crippen molar-refractivity contribution >= 4 is 23.2 Å². The van der Waals surface area contributed by atoms with E-state index in [1.165, 1.54) is 5.56 Å². The van der Waals surface area contributed by atoms with Gasteiger partial charge in [-0.1, -0.05) is 23.7 Å². The van der Waals surface area contributed by atoms with Crippen molar-refractivity contribution in [3.8, 4) is 0 Å². The first-order valence-corrected chi connectivity index (χ1v) is 7.84. The third kappa shape index (κ3) is 4.26. The van der Waals surface area contributed by atoms with Crippen LogP contribution in [0.1, 0.15) is 31.1 Å². The van der Waals surface area contributed by atoms with Crippen LogP contribution >= 0.6 is 23.2 Å². The molecule has 0 fully saturated rings. The molecular weight excluding hydrogens is 291 g/mol. The minimum absolute atomic E-state index is 0.380. The minimum atomic E-state index is 0.380. The van der Waals surface area contributed by atoms with E-state index in [-0.39, 0.29) is 0 Å². The van der Waals surface area contributed by atoms with Gasteiger partial charge in [0, 0.05) is 23.1 Å². The number of benzene rings is 1. The monoisotopic (exact) mass is 310 g/mol. The van der Waals surface area contributed by atoms with Crippen LogP contribution in [0.3, 0.4) is 0 Å². The Morgan fingerprint density at radius 3 is 2.60 bits per heavy atom. The zero-order valence-electron chi connectivity index (χ0n) is 11.9. The number of rotatable bonds is 6. The quantitative estimate of drug-likeness (QED) is 0.703. The molecule has 0 saturated carbocycles. The first-order chi connectivity index (χ1) is 9.58. The molecular formula is C16H20Cl2N2. The molecule has 0 aliphatic heterocycles. The van der Waals surface area contributed by atoms with Crippen LogP contribution in [0, 0.1) is 5.92 Å². The van der Waals surface area contributed by atoms with Crippen molar-refractivity contribution in [1.29, 1.82) is 0 Å². The van der Waals surface area contributed by atoms with Crippen molar-refractivity contribution in [2.24, 2.45) is 5.92 Å². The van der Waals surface area contributed by atoms with Crippen molar-refractivity contribution in [3.05, 3.63) is 52.8 Å². The van der Waals surface area contributed by atoms with Gasteiger partial charge < -0.3 is 0 Å². The molecule has 1 atom stereocenters. The number of hydrogen-bond acceptors (Lipinski definition) is 1. The summed E-state index contributed by atoms with van der Waals surface area (Å²) < 4.78 is 1.99. The zero-order valence-corrected chi connectivity index (χ0v) is 13.4. The average Bonchev–Trinajstić information content (AvgIpc) is 2.87. The van der Waals surface area contributed by atoms with E-state index in [0.717, 1.165) is 23.6 Å². The molecule has 0 bridgehead atoms. The van der Waals surface area contributed by atoms with Crippen molar-refractivity contribution in [2.75, 3.05) is 5.88 Å². The lowest BCUT2D eigenvalue weighted by atomic mass is 9.96. The second kappa shape index (κ2) is 7.14. The molecule has 1 unspecified atom stereocenters. The lowest BCUT2D eigenvalue weighted by Gasteiger charge is -2.13. The maximum atomic E-state index is 6.11. The van der Waals surface area contributed by atoms with Gasteiger partial charge in [0.2, 0.25) is 0 Å². The summed E-state index contributed by atoms with van der Waals surface area (Å²) in [5.74, 6) is 1.01. The molecule has 0 aliphatic rings. The van der Waals surface area contributed by atoms with E-state index in [2.05, 4.69) is 31.1 Å². The molecule has 20 heavy (non-hydrogen) atoms. The van der Waals surface area contributed by atoms with Gasteiger partial charge in [-0.05, 0) is 56.4 Å². The highest BCUT2D eigenvalue weighted by Crippen LogP contribution is 2.18. The first kappa shape index (κ1) is 15.4. The van der Waals surface area contributed by atoms with E-state index in [1.54, 1.807) is 0 Å². The van der Waals surface area contributed by atoms with Gasteiger partial charge in [-0.3, -0.25) is 4.68 Å². The fourth-order valence-corrected chi connectivity index (χ4v) is 2.68. The molecule has 4 heteroatoms. The molecule has 2 rings (SSSR count). The first-order valence-electron chi connectivity index (χ1n) is 6.93. The summed E-state index contributed by atoms with van der Waals surface area (Å²) in [7, 11) is 0. The van der Waals surface area contributed by atoms with Gasteiger partial charge in [0.1, 0.15) is 0 Å². The normalized spacial score (nSPS) is 12.8. The summed E-state index contributed by atoms with van der Waals surface area (Å²) in [4.78, 5) is 0. The van der Waals surface area contributed by atoms with E-state index < -0.39 is 0 Å². The molecule has 2 nitrogen and oxygen atoms in total. The SMILES string of the molecule is CC(C)n1ccc(CC(CCl)Cc2cccc(Cl)c2)n1. The standard InChI is InChI=1S/C16H20Cl2N2/c1-12(2)20-7-6-16(19-20)10-14(11-17)8-13-4-3-5-15(18)9-13/h3-7,9,12,14H,8,10-11H2,1-2H3. The Bertz CT molecular complexity index is 549. The zero-order chi connectivity index (χ0) is 14.5. The summed E-state index contributed by atoms with van der Waals surface area (Å²) in [5, 5.41) is 5.37. The molecule has 0 spiro atoms. The third-order valence-electron chi connectivity index (χ3n) is 3.32. The predicted octanol–water partition coefficient (Wildman–Crippen LogP) is 4.76. The summed E-state index contributed by atoms with van der Waals surface area (Å²) in [5.41, 5.74) is 2.33. The van der Waals surface area contributed by atoms with Gasteiger partial charge in [0.05, 0.1) is 5.69 Å². The summed E-state index contributed by atoms with van der Waals surface area (Å²) in [6.07, 6.45) is 3.86. The number of aromatic nitrogens is 2. The van der Waals surface area contributed by atoms with Gasteiger partial charge in [-0.2, -0.15) is 5.10 Å². The Balaban J connectivity index is 2.01. The van der Waals surface area contributed by atoms with Crippen LogP contribution in [0.5, 0.6) is 0 Å². The minimum Gasteiger partial charge on any atom is -0.270 e. The average molecular weight is 311 g/mol. The highest BCUT2D eigenvalue weighted by atomic mass is 35.5. The van der Waals surface area contributed by atoms with Crippen LogP contribution < -0.4 is 0 Å². The summed E-state index contributed by atoms with van der Waals surface area (Å²) >= 11 is 12.1. The number of nitrogens with zero attached hydrogens (tertiary/aromatic N) is 2. The molecule has 0 radical (unpaired) electrons. The number of alkyl halides is 1. The van der Waals surface area contributed by atoms with Gasteiger partial charge in [-0.25, -0.2) is 0 Å². The Labute approximate surface area is 130 Å². The Morgan fingerprint density at radius 1 is 1.20 bits per heavy atom. The smallest absolute Gasteiger partial charge is 0.0628 e. The lowest BCUT2D eigenvalue weighted by molar-refractivity contribution is 0.511. The molecule has 0 saturated heterocycles. The summed E-state index contributed by atoms with van der Waals surface area (Å²) in [6.45, 7) is 4.25. The van der Waals surface area contributed by atoms with Crippen molar-refractivity contribution in [2.45, 2.75) is 32.7 Å². The molecule has 0 aliphatic carbocycles. The maximum absolute atomic E-state index is 6.11. The Morgan fingerprint density at radius 2 is 2.00 bits per heavy atom. The van der Waals surface area contributed by atoms with Crippen LogP contribution in [0.25, 0.3) is 0 Å².